The molecule has 2 aromatic carbocycles. The minimum Gasteiger partial charge on any atom is -0.384 e. The second-order valence-corrected chi connectivity index (χ2v) is 6.08. The lowest BCUT2D eigenvalue weighted by Crippen LogP contribution is -2.17. The number of thioether (sulfide) groups is 1. The van der Waals surface area contributed by atoms with Crippen LogP contribution in [-0.2, 0) is 0 Å². The first-order valence-electron chi connectivity index (χ1n) is 6.09. The van der Waals surface area contributed by atoms with Gasteiger partial charge < -0.3 is 5.32 Å². The molecule has 0 aliphatic heterocycles. The smallest absolute Gasteiger partial charge is 0.0347 e. The molecule has 88 valence electrons. The first-order valence-corrected chi connectivity index (χ1v) is 7.32. The SMILES string of the molecule is CSC1(CNc2ccc3ccccc3c2)CC1. The summed E-state index contributed by atoms with van der Waals surface area (Å²) in [6.45, 7) is 1.09. The Labute approximate surface area is 107 Å². The molecule has 17 heavy (non-hydrogen) atoms. The third-order valence-corrected chi connectivity index (χ3v) is 5.02. The molecule has 1 fully saturated rings. The number of nitrogens with one attached hydrogen (secondary N) is 1. The molecule has 0 saturated heterocycles. The molecule has 0 atom stereocenters. The van der Waals surface area contributed by atoms with Crippen LogP contribution in [0.3, 0.4) is 0 Å². The zero-order valence-corrected chi connectivity index (χ0v) is 10.9. The van der Waals surface area contributed by atoms with Crippen molar-refractivity contribution >= 4 is 28.2 Å². The summed E-state index contributed by atoms with van der Waals surface area (Å²) >= 11 is 2.00. The van der Waals surface area contributed by atoms with Gasteiger partial charge in [-0.05, 0) is 42.0 Å². The van der Waals surface area contributed by atoms with Gasteiger partial charge in [-0.15, -0.1) is 0 Å². The summed E-state index contributed by atoms with van der Waals surface area (Å²) in [5.74, 6) is 0. The monoisotopic (exact) mass is 243 g/mol. The van der Waals surface area contributed by atoms with Gasteiger partial charge in [0.1, 0.15) is 0 Å². The van der Waals surface area contributed by atoms with E-state index in [4.69, 9.17) is 0 Å². The Morgan fingerprint density at radius 1 is 1.12 bits per heavy atom. The quantitative estimate of drug-likeness (QED) is 0.866. The van der Waals surface area contributed by atoms with Gasteiger partial charge >= 0.3 is 0 Å². The molecule has 0 radical (unpaired) electrons. The highest BCUT2D eigenvalue weighted by Crippen LogP contribution is 2.47. The zero-order chi connectivity index (χ0) is 11.7. The van der Waals surface area contributed by atoms with Gasteiger partial charge in [-0.3, -0.25) is 0 Å². The molecular weight excluding hydrogens is 226 g/mol. The van der Waals surface area contributed by atoms with E-state index in [2.05, 4.69) is 54.0 Å². The highest BCUT2D eigenvalue weighted by molar-refractivity contribution is 8.00. The Morgan fingerprint density at radius 3 is 2.59 bits per heavy atom. The Bertz CT molecular complexity index is 531. The van der Waals surface area contributed by atoms with Gasteiger partial charge in [0.05, 0.1) is 0 Å². The fourth-order valence-electron chi connectivity index (χ4n) is 2.15. The largest absolute Gasteiger partial charge is 0.384 e. The first kappa shape index (κ1) is 11.0. The first-order chi connectivity index (χ1) is 8.31. The maximum atomic E-state index is 3.57. The van der Waals surface area contributed by atoms with E-state index in [1.165, 1.54) is 29.3 Å². The van der Waals surface area contributed by atoms with Crippen molar-refractivity contribution in [3.63, 3.8) is 0 Å². The van der Waals surface area contributed by atoms with Crippen molar-refractivity contribution in [2.24, 2.45) is 0 Å². The Balaban J connectivity index is 1.77. The van der Waals surface area contributed by atoms with Gasteiger partial charge in [0, 0.05) is 17.0 Å². The van der Waals surface area contributed by atoms with E-state index in [-0.39, 0.29) is 0 Å². The van der Waals surface area contributed by atoms with Crippen LogP contribution in [0.4, 0.5) is 5.69 Å². The van der Waals surface area contributed by atoms with Crippen LogP contribution in [0.25, 0.3) is 10.8 Å². The zero-order valence-electron chi connectivity index (χ0n) is 10.1. The molecular formula is C15H17NS. The topological polar surface area (TPSA) is 12.0 Å². The van der Waals surface area contributed by atoms with E-state index in [1.807, 2.05) is 11.8 Å². The summed E-state index contributed by atoms with van der Waals surface area (Å²) in [7, 11) is 0. The van der Waals surface area contributed by atoms with Gasteiger partial charge in [-0.25, -0.2) is 0 Å². The van der Waals surface area contributed by atoms with Crippen LogP contribution < -0.4 is 5.32 Å². The minimum atomic E-state index is 0.519. The molecule has 1 nitrogen and oxygen atoms in total. The summed E-state index contributed by atoms with van der Waals surface area (Å²) in [6.07, 6.45) is 4.93. The highest BCUT2D eigenvalue weighted by atomic mass is 32.2. The predicted molar refractivity (Wildman–Crippen MR) is 77.9 cm³/mol. The molecule has 2 heteroatoms. The number of benzene rings is 2. The molecule has 0 heterocycles. The fourth-order valence-corrected chi connectivity index (χ4v) is 2.88. The summed E-state index contributed by atoms with van der Waals surface area (Å²) in [6, 6.07) is 15.1. The van der Waals surface area contributed by atoms with E-state index in [9.17, 15) is 0 Å². The van der Waals surface area contributed by atoms with E-state index >= 15 is 0 Å². The Kier molecular flexibility index (Phi) is 2.75. The molecule has 0 aromatic heterocycles. The number of rotatable bonds is 4. The maximum absolute atomic E-state index is 3.57. The summed E-state index contributed by atoms with van der Waals surface area (Å²) < 4.78 is 0.519. The van der Waals surface area contributed by atoms with Gasteiger partial charge in [0.2, 0.25) is 0 Å². The number of hydrogen-bond acceptors (Lipinski definition) is 2. The van der Waals surface area contributed by atoms with E-state index in [0.29, 0.717) is 4.75 Å². The summed E-state index contributed by atoms with van der Waals surface area (Å²) in [5, 5.41) is 6.19. The normalized spacial score (nSPS) is 17.0. The van der Waals surface area contributed by atoms with Gasteiger partial charge in [-0.1, -0.05) is 30.3 Å². The van der Waals surface area contributed by atoms with Crippen LogP contribution in [-0.4, -0.2) is 17.5 Å². The van der Waals surface area contributed by atoms with Crippen molar-refractivity contribution in [3.05, 3.63) is 42.5 Å². The molecule has 0 amide bonds. The third kappa shape index (κ3) is 2.27. The number of anilines is 1. The molecule has 2 aromatic rings. The second-order valence-electron chi connectivity index (χ2n) is 4.80. The van der Waals surface area contributed by atoms with Gasteiger partial charge in [-0.2, -0.15) is 11.8 Å². The maximum Gasteiger partial charge on any atom is 0.0347 e. The van der Waals surface area contributed by atoms with E-state index in [0.717, 1.165) is 6.54 Å². The molecule has 1 saturated carbocycles. The third-order valence-electron chi connectivity index (χ3n) is 3.60. The van der Waals surface area contributed by atoms with Crippen molar-refractivity contribution in [1.82, 2.24) is 0 Å². The minimum absolute atomic E-state index is 0.519. The number of fused-ring (bicyclic) bond motifs is 1. The molecule has 1 aliphatic rings. The Hall–Kier alpha value is -1.15. The standard InChI is InChI=1S/C15H17NS/c1-17-15(8-9-15)11-16-14-7-6-12-4-2-3-5-13(12)10-14/h2-7,10,16H,8-9,11H2,1H3. The van der Waals surface area contributed by atoms with Crippen molar-refractivity contribution in [3.8, 4) is 0 Å². The summed E-state index contributed by atoms with van der Waals surface area (Å²) in [5.41, 5.74) is 1.24. The average molecular weight is 243 g/mol. The van der Waals surface area contributed by atoms with E-state index in [1.54, 1.807) is 0 Å². The van der Waals surface area contributed by atoms with Crippen molar-refractivity contribution in [2.75, 3.05) is 18.1 Å². The molecule has 0 bridgehead atoms. The highest BCUT2D eigenvalue weighted by Gasteiger charge is 2.41. The lowest BCUT2D eigenvalue weighted by atomic mass is 10.1. The van der Waals surface area contributed by atoms with Crippen LogP contribution in [0.5, 0.6) is 0 Å². The van der Waals surface area contributed by atoms with Crippen LogP contribution in [0.2, 0.25) is 0 Å². The van der Waals surface area contributed by atoms with Crippen molar-refractivity contribution in [1.29, 1.82) is 0 Å². The van der Waals surface area contributed by atoms with Crippen molar-refractivity contribution < 1.29 is 0 Å². The molecule has 1 N–H and O–H groups in total. The molecule has 0 spiro atoms. The van der Waals surface area contributed by atoms with Crippen molar-refractivity contribution in [2.45, 2.75) is 17.6 Å². The average Bonchev–Trinajstić information content (AvgIpc) is 3.17. The lowest BCUT2D eigenvalue weighted by molar-refractivity contribution is 0.950. The number of hydrogen-bond donors (Lipinski definition) is 1. The van der Waals surface area contributed by atoms with Crippen LogP contribution in [0, 0.1) is 0 Å². The lowest BCUT2D eigenvalue weighted by Gasteiger charge is -2.14. The molecule has 3 rings (SSSR count). The van der Waals surface area contributed by atoms with E-state index < -0.39 is 0 Å². The molecule has 0 unspecified atom stereocenters. The molecule has 1 aliphatic carbocycles. The van der Waals surface area contributed by atoms with Crippen LogP contribution in [0.1, 0.15) is 12.8 Å². The van der Waals surface area contributed by atoms with Gasteiger partial charge in [0.15, 0.2) is 0 Å². The Morgan fingerprint density at radius 2 is 1.88 bits per heavy atom. The second kappa shape index (κ2) is 4.26. The predicted octanol–water partition coefficient (Wildman–Crippen LogP) is 4.15. The van der Waals surface area contributed by atoms with Crippen LogP contribution >= 0.6 is 11.8 Å². The van der Waals surface area contributed by atoms with Gasteiger partial charge in [0.25, 0.3) is 0 Å². The fraction of sp³-hybridized carbons (Fsp3) is 0.333. The summed E-state index contributed by atoms with van der Waals surface area (Å²) in [4.78, 5) is 0. The van der Waals surface area contributed by atoms with Crippen LogP contribution in [0.15, 0.2) is 42.5 Å².